The van der Waals surface area contributed by atoms with Crippen LogP contribution in [0.1, 0.15) is 16.3 Å². The quantitative estimate of drug-likeness (QED) is 0.736. The van der Waals surface area contributed by atoms with E-state index in [2.05, 4.69) is 10.3 Å². The molecule has 1 unspecified atom stereocenters. The smallest absolute Gasteiger partial charge is 0.0896 e. The fourth-order valence-corrected chi connectivity index (χ4v) is 2.62. The van der Waals surface area contributed by atoms with Crippen LogP contribution in [0.2, 0.25) is 0 Å². The van der Waals surface area contributed by atoms with E-state index >= 15 is 0 Å². The molecule has 0 aromatic carbocycles. The van der Waals surface area contributed by atoms with Gasteiger partial charge in [-0.1, -0.05) is 0 Å². The van der Waals surface area contributed by atoms with Crippen molar-refractivity contribution in [2.24, 2.45) is 0 Å². The summed E-state index contributed by atoms with van der Waals surface area (Å²) in [6, 6.07) is 0. The van der Waals surface area contributed by atoms with Gasteiger partial charge in [0.25, 0.3) is 0 Å². The van der Waals surface area contributed by atoms with E-state index in [0.717, 1.165) is 24.4 Å². The number of thiazole rings is 1. The highest BCUT2D eigenvalue weighted by atomic mass is 32.1. The highest BCUT2D eigenvalue weighted by molar-refractivity contribution is 7.11. The summed E-state index contributed by atoms with van der Waals surface area (Å²) >= 11 is 1.67. The number of rotatable bonds is 2. The van der Waals surface area contributed by atoms with E-state index in [1.807, 2.05) is 13.1 Å². The first-order valence-corrected chi connectivity index (χ1v) is 5.34. The molecule has 1 aliphatic heterocycles. The lowest BCUT2D eigenvalue weighted by molar-refractivity contribution is 0.0627. The predicted molar refractivity (Wildman–Crippen MR) is 53.0 cm³/mol. The van der Waals surface area contributed by atoms with Gasteiger partial charge >= 0.3 is 0 Å². The van der Waals surface area contributed by atoms with Gasteiger partial charge in [0.1, 0.15) is 0 Å². The molecule has 13 heavy (non-hydrogen) atoms. The van der Waals surface area contributed by atoms with E-state index in [9.17, 15) is 5.11 Å². The molecule has 1 atom stereocenters. The Morgan fingerprint density at radius 2 is 2.62 bits per heavy atom. The molecule has 0 aliphatic carbocycles. The molecule has 2 N–H and O–H groups in total. The summed E-state index contributed by atoms with van der Waals surface area (Å²) in [6.07, 6.45) is 3.46. The number of nitrogens with zero attached hydrogens (tertiary/aromatic N) is 1. The van der Waals surface area contributed by atoms with Crippen LogP contribution in [0.5, 0.6) is 0 Å². The molecule has 1 aromatic rings. The summed E-state index contributed by atoms with van der Waals surface area (Å²) in [6.45, 7) is 3.63. The molecule has 2 rings (SSSR count). The molecule has 72 valence electrons. The predicted octanol–water partition coefficient (Wildman–Crippen LogP) is 0.718. The third-order valence-corrected chi connectivity index (χ3v) is 3.31. The van der Waals surface area contributed by atoms with E-state index in [0.29, 0.717) is 6.54 Å². The monoisotopic (exact) mass is 198 g/mol. The van der Waals surface area contributed by atoms with Crippen LogP contribution in [0.15, 0.2) is 6.20 Å². The molecule has 1 aromatic heterocycles. The van der Waals surface area contributed by atoms with Gasteiger partial charge in [0.15, 0.2) is 0 Å². The van der Waals surface area contributed by atoms with Crippen molar-refractivity contribution in [1.29, 1.82) is 0 Å². The van der Waals surface area contributed by atoms with Gasteiger partial charge in [0, 0.05) is 24.0 Å². The number of aromatic nitrogens is 1. The molecule has 0 saturated carbocycles. The molecule has 0 radical (unpaired) electrons. The number of nitrogens with one attached hydrogen (secondary N) is 1. The molecule has 3 nitrogen and oxygen atoms in total. The first-order chi connectivity index (χ1) is 6.18. The zero-order chi connectivity index (χ0) is 9.31. The Hall–Kier alpha value is -0.450. The van der Waals surface area contributed by atoms with Crippen molar-refractivity contribution < 1.29 is 5.11 Å². The summed E-state index contributed by atoms with van der Waals surface area (Å²) in [7, 11) is 0. The first-order valence-electron chi connectivity index (χ1n) is 4.52. The third kappa shape index (κ3) is 2.07. The summed E-state index contributed by atoms with van der Waals surface area (Å²) < 4.78 is 0. The minimum absolute atomic E-state index is 0.529. The highest BCUT2D eigenvalue weighted by Crippen LogP contribution is 2.23. The van der Waals surface area contributed by atoms with Gasteiger partial charge in [-0.25, -0.2) is 4.98 Å². The number of hydrogen-bond donors (Lipinski definition) is 2. The average Bonchev–Trinajstić information content (AvgIpc) is 2.62. The van der Waals surface area contributed by atoms with Crippen molar-refractivity contribution in [3.63, 3.8) is 0 Å². The van der Waals surface area contributed by atoms with E-state index < -0.39 is 5.60 Å². The summed E-state index contributed by atoms with van der Waals surface area (Å²) in [5, 5.41) is 14.3. The molecule has 0 amide bonds. The fourth-order valence-electron chi connectivity index (χ4n) is 1.69. The van der Waals surface area contributed by atoms with Crippen LogP contribution in [0.4, 0.5) is 0 Å². The van der Waals surface area contributed by atoms with Crippen molar-refractivity contribution in [1.82, 2.24) is 10.3 Å². The van der Waals surface area contributed by atoms with Crippen molar-refractivity contribution in [2.75, 3.05) is 13.1 Å². The van der Waals surface area contributed by atoms with Gasteiger partial charge in [-0.05, 0) is 19.9 Å². The van der Waals surface area contributed by atoms with E-state index in [4.69, 9.17) is 0 Å². The van der Waals surface area contributed by atoms with Gasteiger partial charge in [-0.2, -0.15) is 0 Å². The molecule has 0 spiro atoms. The topological polar surface area (TPSA) is 45.2 Å². The van der Waals surface area contributed by atoms with Crippen molar-refractivity contribution in [3.8, 4) is 0 Å². The first kappa shape index (κ1) is 9.12. The lowest BCUT2D eigenvalue weighted by Gasteiger charge is -2.19. The Kier molecular flexibility index (Phi) is 2.36. The molecular weight excluding hydrogens is 184 g/mol. The van der Waals surface area contributed by atoms with Gasteiger partial charge in [0.05, 0.1) is 10.6 Å². The van der Waals surface area contributed by atoms with Crippen LogP contribution >= 0.6 is 11.3 Å². The number of hydrogen-bond acceptors (Lipinski definition) is 4. The molecule has 0 bridgehead atoms. The largest absolute Gasteiger partial charge is 0.388 e. The Morgan fingerprint density at radius 1 is 1.77 bits per heavy atom. The molecule has 1 saturated heterocycles. The minimum atomic E-state index is -0.529. The van der Waals surface area contributed by atoms with Gasteiger partial charge in [-0.15, -0.1) is 11.3 Å². The molecule has 4 heteroatoms. The Morgan fingerprint density at radius 3 is 3.15 bits per heavy atom. The average molecular weight is 198 g/mol. The maximum absolute atomic E-state index is 10.1. The van der Waals surface area contributed by atoms with Gasteiger partial charge in [0.2, 0.25) is 0 Å². The maximum Gasteiger partial charge on any atom is 0.0896 e. The highest BCUT2D eigenvalue weighted by Gasteiger charge is 2.31. The second-order valence-corrected chi connectivity index (χ2v) is 4.99. The minimum Gasteiger partial charge on any atom is -0.388 e. The van der Waals surface area contributed by atoms with Crippen LogP contribution in [-0.4, -0.2) is 28.8 Å². The SMILES string of the molecule is Cc1ncc(CC2(O)CCNC2)s1. The number of aliphatic hydroxyl groups is 1. The normalized spacial score (nSPS) is 28.2. The van der Waals surface area contributed by atoms with E-state index in [1.165, 1.54) is 4.88 Å². The van der Waals surface area contributed by atoms with Crippen molar-refractivity contribution in [3.05, 3.63) is 16.1 Å². The lowest BCUT2D eigenvalue weighted by atomic mass is 9.98. The Labute approximate surface area is 81.8 Å². The van der Waals surface area contributed by atoms with Crippen LogP contribution < -0.4 is 5.32 Å². The van der Waals surface area contributed by atoms with Crippen molar-refractivity contribution in [2.45, 2.75) is 25.4 Å². The van der Waals surface area contributed by atoms with Crippen LogP contribution in [0.25, 0.3) is 0 Å². The second kappa shape index (κ2) is 3.36. The van der Waals surface area contributed by atoms with Crippen LogP contribution in [0.3, 0.4) is 0 Å². The summed E-state index contributed by atoms with van der Waals surface area (Å²) in [5.41, 5.74) is -0.529. The van der Waals surface area contributed by atoms with Crippen molar-refractivity contribution >= 4 is 11.3 Å². The van der Waals surface area contributed by atoms with E-state index in [-0.39, 0.29) is 0 Å². The van der Waals surface area contributed by atoms with E-state index in [1.54, 1.807) is 11.3 Å². The Bertz CT molecular complexity index is 292. The molecular formula is C9H14N2OS. The number of β-amino-alcohol motifs (C(OH)–C–C–N with tert-alkyl or cyclic N) is 1. The molecule has 1 fully saturated rings. The maximum atomic E-state index is 10.1. The summed E-state index contributed by atoms with van der Waals surface area (Å²) in [5.74, 6) is 0. The third-order valence-electron chi connectivity index (χ3n) is 2.39. The van der Waals surface area contributed by atoms with Crippen LogP contribution in [-0.2, 0) is 6.42 Å². The zero-order valence-electron chi connectivity index (χ0n) is 7.71. The lowest BCUT2D eigenvalue weighted by Crippen LogP contribution is -2.33. The van der Waals surface area contributed by atoms with Crippen LogP contribution in [0, 0.1) is 6.92 Å². The van der Waals surface area contributed by atoms with Gasteiger partial charge < -0.3 is 10.4 Å². The Balaban J connectivity index is 2.04. The van der Waals surface area contributed by atoms with Gasteiger partial charge in [-0.3, -0.25) is 0 Å². The number of aryl methyl sites for hydroxylation is 1. The fraction of sp³-hybridized carbons (Fsp3) is 0.667. The zero-order valence-corrected chi connectivity index (χ0v) is 8.52. The summed E-state index contributed by atoms with van der Waals surface area (Å²) in [4.78, 5) is 5.36. The molecule has 2 heterocycles. The standard InChI is InChI=1S/C9H14N2OS/c1-7-11-5-8(13-7)4-9(12)2-3-10-6-9/h5,10,12H,2-4,6H2,1H3. The second-order valence-electron chi connectivity index (χ2n) is 3.67. The molecule has 1 aliphatic rings.